The molecule has 0 spiro atoms. The minimum absolute atomic E-state index is 0.0989. The molecule has 0 atom stereocenters. The molecule has 0 unspecified atom stereocenters. The van der Waals surface area contributed by atoms with Gasteiger partial charge < -0.3 is 10.6 Å². The number of alkyl halides is 3. The van der Waals surface area contributed by atoms with Gasteiger partial charge in [0, 0.05) is 18.7 Å². The standard InChI is InChI=1S/C15H12Cl2F4N4O/c16-10-7-24-14(25-12(10)17)23-5-1-4-22-13(26)8-2-3-9(11(18)6-8)15(19,20)21/h2-3,6-7H,1,4-5H2,(H,22,26)(H,23,24,25). The number of aromatic nitrogens is 2. The van der Waals surface area contributed by atoms with Crippen LogP contribution in [0.3, 0.4) is 0 Å². The molecule has 2 aromatic rings. The summed E-state index contributed by atoms with van der Waals surface area (Å²) in [5.41, 5.74) is -1.61. The average molecular weight is 411 g/mol. The van der Waals surface area contributed by atoms with Crippen LogP contribution >= 0.6 is 23.2 Å². The van der Waals surface area contributed by atoms with E-state index in [-0.39, 0.29) is 28.2 Å². The first-order valence-electron chi connectivity index (χ1n) is 7.25. The van der Waals surface area contributed by atoms with Gasteiger partial charge in [-0.2, -0.15) is 18.2 Å². The van der Waals surface area contributed by atoms with Crippen LogP contribution in [0.25, 0.3) is 0 Å². The zero-order valence-corrected chi connectivity index (χ0v) is 14.5. The van der Waals surface area contributed by atoms with Gasteiger partial charge in [0.1, 0.15) is 5.82 Å². The fraction of sp³-hybridized carbons (Fsp3) is 0.267. The molecule has 1 aromatic carbocycles. The maximum Gasteiger partial charge on any atom is 0.419 e. The van der Waals surface area contributed by atoms with Crippen molar-refractivity contribution in [2.45, 2.75) is 12.6 Å². The molecule has 0 bridgehead atoms. The third-order valence-corrected chi connectivity index (χ3v) is 3.82. The highest BCUT2D eigenvalue weighted by Crippen LogP contribution is 2.31. The van der Waals surface area contributed by atoms with Gasteiger partial charge in [0.05, 0.1) is 16.8 Å². The highest BCUT2D eigenvalue weighted by atomic mass is 35.5. The first-order chi connectivity index (χ1) is 12.2. The number of hydrogen-bond acceptors (Lipinski definition) is 4. The molecule has 1 aromatic heterocycles. The van der Waals surface area contributed by atoms with Crippen molar-refractivity contribution in [3.05, 3.63) is 51.5 Å². The molecule has 0 radical (unpaired) electrons. The predicted octanol–water partition coefficient (Wildman–Crippen LogP) is 4.17. The van der Waals surface area contributed by atoms with Crippen molar-refractivity contribution in [1.82, 2.24) is 15.3 Å². The Balaban J connectivity index is 1.80. The summed E-state index contributed by atoms with van der Waals surface area (Å²) in [6.07, 6.45) is -3.02. The smallest absolute Gasteiger partial charge is 0.354 e. The van der Waals surface area contributed by atoms with E-state index < -0.39 is 23.5 Å². The van der Waals surface area contributed by atoms with Crippen LogP contribution in [-0.4, -0.2) is 29.0 Å². The van der Waals surface area contributed by atoms with Crippen LogP contribution in [0.4, 0.5) is 23.5 Å². The largest absolute Gasteiger partial charge is 0.419 e. The van der Waals surface area contributed by atoms with E-state index in [0.717, 1.165) is 6.07 Å². The molecule has 2 N–H and O–H groups in total. The third kappa shape index (κ3) is 5.43. The second kappa shape index (κ2) is 8.50. The van der Waals surface area contributed by atoms with Gasteiger partial charge in [-0.25, -0.2) is 9.37 Å². The summed E-state index contributed by atoms with van der Waals surface area (Å²) in [5.74, 6) is -1.91. The molecule has 0 aliphatic rings. The molecule has 0 fully saturated rings. The molecule has 5 nitrogen and oxygen atoms in total. The van der Waals surface area contributed by atoms with Crippen LogP contribution in [0, 0.1) is 5.82 Å². The Kier molecular flexibility index (Phi) is 6.60. The lowest BCUT2D eigenvalue weighted by Gasteiger charge is -2.10. The van der Waals surface area contributed by atoms with Crippen LogP contribution in [0.5, 0.6) is 0 Å². The number of carbonyl (C=O) groups is 1. The zero-order valence-electron chi connectivity index (χ0n) is 13.0. The van der Waals surface area contributed by atoms with Gasteiger partial charge in [-0.15, -0.1) is 0 Å². The van der Waals surface area contributed by atoms with E-state index in [9.17, 15) is 22.4 Å². The topological polar surface area (TPSA) is 66.9 Å². The van der Waals surface area contributed by atoms with Crippen molar-refractivity contribution in [3.8, 4) is 0 Å². The van der Waals surface area contributed by atoms with Gasteiger partial charge in [0.25, 0.3) is 5.91 Å². The van der Waals surface area contributed by atoms with Gasteiger partial charge in [-0.05, 0) is 24.6 Å². The van der Waals surface area contributed by atoms with E-state index in [1.807, 2.05) is 0 Å². The molecule has 0 aliphatic carbocycles. The first-order valence-corrected chi connectivity index (χ1v) is 8.01. The minimum Gasteiger partial charge on any atom is -0.354 e. The van der Waals surface area contributed by atoms with E-state index in [0.29, 0.717) is 25.1 Å². The maximum absolute atomic E-state index is 13.5. The third-order valence-electron chi connectivity index (χ3n) is 3.16. The Hall–Kier alpha value is -2.13. The number of amides is 1. The molecule has 0 saturated heterocycles. The molecular formula is C15H12Cl2F4N4O. The molecule has 1 heterocycles. The van der Waals surface area contributed by atoms with Crippen LogP contribution in [0.2, 0.25) is 10.2 Å². The Labute approximate surface area is 155 Å². The molecule has 26 heavy (non-hydrogen) atoms. The normalized spacial score (nSPS) is 11.3. The second-order valence-corrected chi connectivity index (χ2v) is 5.83. The van der Waals surface area contributed by atoms with E-state index in [1.165, 1.54) is 6.20 Å². The van der Waals surface area contributed by atoms with Crippen molar-refractivity contribution in [1.29, 1.82) is 0 Å². The average Bonchev–Trinajstić information content (AvgIpc) is 2.56. The molecule has 2 rings (SSSR count). The summed E-state index contributed by atoms with van der Waals surface area (Å²) >= 11 is 11.4. The van der Waals surface area contributed by atoms with E-state index >= 15 is 0 Å². The number of carbonyl (C=O) groups excluding carboxylic acids is 1. The van der Waals surface area contributed by atoms with Crippen molar-refractivity contribution < 1.29 is 22.4 Å². The lowest BCUT2D eigenvalue weighted by molar-refractivity contribution is -0.140. The number of benzene rings is 1. The maximum atomic E-state index is 13.5. The molecular weight excluding hydrogens is 399 g/mol. The molecule has 11 heteroatoms. The van der Waals surface area contributed by atoms with Crippen LogP contribution in [0.1, 0.15) is 22.3 Å². The van der Waals surface area contributed by atoms with E-state index in [4.69, 9.17) is 23.2 Å². The quantitative estimate of drug-likeness (QED) is 0.426. The fourth-order valence-corrected chi connectivity index (χ4v) is 2.13. The lowest BCUT2D eigenvalue weighted by Crippen LogP contribution is -2.26. The van der Waals surface area contributed by atoms with Gasteiger partial charge >= 0.3 is 6.18 Å². The lowest BCUT2D eigenvalue weighted by atomic mass is 10.1. The predicted molar refractivity (Wildman–Crippen MR) is 88.9 cm³/mol. The monoisotopic (exact) mass is 410 g/mol. The number of rotatable bonds is 6. The van der Waals surface area contributed by atoms with Gasteiger partial charge in [-0.1, -0.05) is 23.2 Å². The Morgan fingerprint density at radius 3 is 2.54 bits per heavy atom. The summed E-state index contributed by atoms with van der Waals surface area (Å²) in [6, 6.07) is 2.01. The summed E-state index contributed by atoms with van der Waals surface area (Å²) in [4.78, 5) is 19.6. The van der Waals surface area contributed by atoms with Crippen LogP contribution < -0.4 is 10.6 Å². The Morgan fingerprint density at radius 2 is 1.92 bits per heavy atom. The number of anilines is 1. The highest BCUT2D eigenvalue weighted by molar-refractivity contribution is 6.41. The fourth-order valence-electron chi connectivity index (χ4n) is 1.91. The molecule has 140 valence electrons. The minimum atomic E-state index is -4.81. The molecule has 0 saturated carbocycles. The van der Waals surface area contributed by atoms with Crippen LogP contribution in [0.15, 0.2) is 24.4 Å². The SMILES string of the molecule is O=C(NCCCNc1ncc(Cl)c(Cl)n1)c1ccc(C(F)(F)F)c(F)c1. The van der Waals surface area contributed by atoms with Crippen LogP contribution in [-0.2, 0) is 6.18 Å². The molecule has 0 aliphatic heterocycles. The van der Waals surface area contributed by atoms with Gasteiger partial charge in [0.15, 0.2) is 5.15 Å². The number of nitrogens with one attached hydrogen (secondary N) is 2. The Morgan fingerprint density at radius 1 is 1.19 bits per heavy atom. The van der Waals surface area contributed by atoms with Crippen molar-refractivity contribution in [2.75, 3.05) is 18.4 Å². The summed E-state index contributed by atoms with van der Waals surface area (Å²) < 4.78 is 50.9. The number of hydrogen-bond donors (Lipinski definition) is 2. The van der Waals surface area contributed by atoms with Crippen molar-refractivity contribution >= 4 is 35.1 Å². The number of halogens is 6. The summed E-state index contributed by atoms with van der Waals surface area (Å²) in [5, 5.41) is 5.65. The first kappa shape index (κ1) is 20.2. The van der Waals surface area contributed by atoms with Crippen molar-refractivity contribution in [2.24, 2.45) is 0 Å². The van der Waals surface area contributed by atoms with Gasteiger partial charge in [0.2, 0.25) is 5.95 Å². The Bertz CT molecular complexity index is 802. The second-order valence-electron chi connectivity index (χ2n) is 5.06. The number of nitrogens with zero attached hydrogens (tertiary/aromatic N) is 2. The summed E-state index contributed by atoms with van der Waals surface area (Å²) in [6.45, 7) is 0.593. The van der Waals surface area contributed by atoms with E-state index in [2.05, 4.69) is 20.6 Å². The molecule has 1 amide bonds. The van der Waals surface area contributed by atoms with E-state index in [1.54, 1.807) is 0 Å². The highest BCUT2D eigenvalue weighted by Gasteiger charge is 2.34. The van der Waals surface area contributed by atoms with Crippen molar-refractivity contribution in [3.63, 3.8) is 0 Å². The van der Waals surface area contributed by atoms with Gasteiger partial charge in [-0.3, -0.25) is 4.79 Å². The zero-order chi connectivity index (χ0) is 19.3. The summed E-state index contributed by atoms with van der Waals surface area (Å²) in [7, 11) is 0.